The van der Waals surface area contributed by atoms with Gasteiger partial charge in [-0.3, -0.25) is 4.79 Å². The zero-order valence-corrected chi connectivity index (χ0v) is 15.5. The second kappa shape index (κ2) is 8.00. The summed E-state index contributed by atoms with van der Waals surface area (Å²) in [5.74, 6) is 0.564. The molecule has 1 N–H and O–H groups in total. The molecule has 0 bridgehead atoms. The van der Waals surface area contributed by atoms with E-state index >= 15 is 0 Å². The lowest BCUT2D eigenvalue weighted by Crippen LogP contribution is -2.52. The minimum atomic E-state index is -0.684. The Morgan fingerprint density at radius 1 is 1.11 bits per heavy atom. The van der Waals surface area contributed by atoms with E-state index in [-0.39, 0.29) is 30.2 Å². The van der Waals surface area contributed by atoms with E-state index in [1.165, 1.54) is 0 Å². The number of para-hydroxylation sites is 2. The van der Waals surface area contributed by atoms with Crippen molar-refractivity contribution in [2.75, 3.05) is 0 Å². The van der Waals surface area contributed by atoms with Crippen LogP contribution in [-0.2, 0) is 4.79 Å². The Bertz CT molecular complexity index is 824. The van der Waals surface area contributed by atoms with Crippen LogP contribution in [0.15, 0.2) is 36.7 Å². The van der Waals surface area contributed by atoms with Crippen LogP contribution in [0.3, 0.4) is 0 Å². The normalized spacial score (nSPS) is 26.4. The van der Waals surface area contributed by atoms with Gasteiger partial charge in [0.15, 0.2) is 17.3 Å². The Hall–Kier alpha value is -2.90. The molecule has 1 aromatic heterocycles. The number of rotatable bonds is 4. The highest BCUT2D eigenvalue weighted by atomic mass is 19.1. The number of fused-ring (bicyclic) bond motifs is 1. The summed E-state index contributed by atoms with van der Waals surface area (Å²) in [6, 6.07) is 7.56. The molecular weight excluding hydrogens is 365 g/mol. The van der Waals surface area contributed by atoms with Crippen LogP contribution in [0.5, 0.6) is 17.5 Å². The van der Waals surface area contributed by atoms with Crippen molar-refractivity contribution in [3.05, 3.63) is 42.5 Å². The van der Waals surface area contributed by atoms with Gasteiger partial charge in [-0.2, -0.15) is 0 Å². The molecule has 2 atom stereocenters. The molecule has 1 saturated carbocycles. The lowest BCUT2D eigenvalue weighted by molar-refractivity contribution is -0.134. The Kier molecular flexibility index (Phi) is 5.27. The number of ether oxygens (including phenoxy) is 3. The molecule has 1 amide bonds. The number of hydrogen-bond acceptors (Lipinski definition) is 6. The summed E-state index contributed by atoms with van der Waals surface area (Å²) in [6.07, 6.45) is 4.13. The van der Waals surface area contributed by atoms with E-state index in [0.717, 1.165) is 38.1 Å². The van der Waals surface area contributed by atoms with E-state index in [0.29, 0.717) is 11.5 Å². The second-order valence-electron chi connectivity index (χ2n) is 7.09. The molecule has 0 spiro atoms. The molecule has 4 rings (SSSR count). The number of carbonyl (C=O) groups is 1. The van der Waals surface area contributed by atoms with Crippen LogP contribution >= 0.6 is 0 Å². The molecule has 28 heavy (non-hydrogen) atoms. The highest BCUT2D eigenvalue weighted by molar-refractivity contribution is 5.82. The summed E-state index contributed by atoms with van der Waals surface area (Å²) in [5.41, 5.74) is 0. The van der Waals surface area contributed by atoms with Gasteiger partial charge in [0.2, 0.25) is 6.10 Å². The third-order valence-electron chi connectivity index (χ3n) is 4.99. The van der Waals surface area contributed by atoms with Gasteiger partial charge in [0, 0.05) is 6.04 Å². The van der Waals surface area contributed by atoms with Gasteiger partial charge in [0.05, 0.1) is 12.4 Å². The van der Waals surface area contributed by atoms with Gasteiger partial charge in [-0.1, -0.05) is 12.1 Å². The summed E-state index contributed by atoms with van der Waals surface area (Å²) in [7, 11) is 0. The summed E-state index contributed by atoms with van der Waals surface area (Å²) in [5, 5.41) is 3.06. The molecule has 1 fully saturated rings. The predicted octanol–water partition coefficient (Wildman–Crippen LogP) is 2.65. The Labute approximate surface area is 162 Å². The van der Waals surface area contributed by atoms with E-state index in [4.69, 9.17) is 14.2 Å². The van der Waals surface area contributed by atoms with Gasteiger partial charge >= 0.3 is 6.01 Å². The van der Waals surface area contributed by atoms with Crippen LogP contribution in [0.25, 0.3) is 0 Å². The van der Waals surface area contributed by atoms with Crippen molar-refractivity contribution in [3.8, 4) is 17.5 Å². The zero-order valence-electron chi connectivity index (χ0n) is 15.5. The Balaban J connectivity index is 1.27. The van der Waals surface area contributed by atoms with Crippen molar-refractivity contribution >= 4 is 5.91 Å². The second-order valence-corrected chi connectivity index (χ2v) is 7.09. The van der Waals surface area contributed by atoms with E-state index in [1.807, 2.05) is 25.1 Å². The minimum Gasteiger partial charge on any atom is -0.482 e. The number of amides is 1. The van der Waals surface area contributed by atoms with E-state index in [1.54, 1.807) is 6.07 Å². The van der Waals surface area contributed by atoms with Gasteiger partial charge in [-0.25, -0.2) is 14.4 Å². The first-order valence-electron chi connectivity index (χ1n) is 9.45. The third-order valence-corrected chi connectivity index (χ3v) is 4.99. The number of halogens is 1. The van der Waals surface area contributed by atoms with E-state index < -0.39 is 11.9 Å². The molecule has 2 unspecified atom stereocenters. The molecule has 8 heteroatoms. The van der Waals surface area contributed by atoms with Crippen LogP contribution in [0, 0.1) is 5.82 Å². The van der Waals surface area contributed by atoms with Crippen molar-refractivity contribution in [1.29, 1.82) is 0 Å². The van der Waals surface area contributed by atoms with Gasteiger partial charge in [-0.15, -0.1) is 0 Å². The number of nitrogens with one attached hydrogen (secondary N) is 1. The summed E-state index contributed by atoms with van der Waals surface area (Å²) in [6.45, 7) is 1.83. The smallest absolute Gasteiger partial charge is 0.316 e. The quantitative estimate of drug-likeness (QED) is 0.869. The first-order valence-corrected chi connectivity index (χ1v) is 9.45. The Morgan fingerprint density at radius 2 is 1.75 bits per heavy atom. The molecule has 0 saturated heterocycles. The monoisotopic (exact) mass is 387 g/mol. The molecule has 1 aliphatic heterocycles. The molecular formula is C20H22FN3O4. The van der Waals surface area contributed by atoms with Gasteiger partial charge in [-0.05, 0) is 44.7 Å². The summed E-state index contributed by atoms with van der Waals surface area (Å²) >= 11 is 0. The van der Waals surface area contributed by atoms with Crippen molar-refractivity contribution in [1.82, 2.24) is 15.3 Å². The minimum absolute atomic E-state index is 0.0429. The zero-order chi connectivity index (χ0) is 19.5. The first-order chi connectivity index (χ1) is 13.6. The lowest BCUT2D eigenvalue weighted by Gasteiger charge is -2.33. The fraction of sp³-hybridized carbons (Fsp3) is 0.450. The van der Waals surface area contributed by atoms with Crippen molar-refractivity contribution < 1.29 is 23.4 Å². The number of carbonyl (C=O) groups excluding carboxylic acids is 1. The van der Waals surface area contributed by atoms with E-state index in [9.17, 15) is 9.18 Å². The van der Waals surface area contributed by atoms with Gasteiger partial charge in [0.1, 0.15) is 12.2 Å². The third kappa shape index (κ3) is 4.16. The standard InChI is InChI=1S/C20H22FN3O4/c1-12-18(28-17-5-3-2-4-16(17)26-12)19(25)24-14-6-8-15(9-7-14)27-20-22-10-13(21)11-23-20/h2-5,10-12,14-15,18H,6-9H2,1H3,(H,24,25). The van der Waals surface area contributed by atoms with E-state index in [2.05, 4.69) is 15.3 Å². The number of hydrogen-bond donors (Lipinski definition) is 1. The van der Waals surface area contributed by atoms with Gasteiger partial charge in [0.25, 0.3) is 5.91 Å². The SMILES string of the molecule is CC1Oc2ccccc2OC1C(=O)NC1CCC(Oc2ncc(F)cn2)CC1. The average Bonchev–Trinajstić information content (AvgIpc) is 2.70. The van der Waals surface area contributed by atoms with Crippen LogP contribution in [0.2, 0.25) is 0 Å². The molecule has 2 aromatic rings. The van der Waals surface area contributed by atoms with Crippen molar-refractivity contribution in [2.45, 2.75) is 57.0 Å². The topological polar surface area (TPSA) is 82.6 Å². The molecule has 2 aliphatic rings. The number of aromatic nitrogens is 2. The van der Waals surface area contributed by atoms with Crippen LogP contribution in [0.4, 0.5) is 4.39 Å². The molecule has 0 radical (unpaired) electrons. The van der Waals surface area contributed by atoms with Crippen molar-refractivity contribution in [2.24, 2.45) is 0 Å². The highest BCUT2D eigenvalue weighted by Crippen LogP contribution is 2.33. The largest absolute Gasteiger partial charge is 0.482 e. The first kappa shape index (κ1) is 18.5. The molecule has 1 aliphatic carbocycles. The van der Waals surface area contributed by atoms with Crippen LogP contribution in [0.1, 0.15) is 32.6 Å². The van der Waals surface area contributed by atoms with Crippen LogP contribution in [-0.4, -0.2) is 40.2 Å². The highest BCUT2D eigenvalue weighted by Gasteiger charge is 2.35. The molecule has 2 heterocycles. The fourth-order valence-electron chi connectivity index (χ4n) is 3.52. The maximum Gasteiger partial charge on any atom is 0.316 e. The van der Waals surface area contributed by atoms with Crippen LogP contribution < -0.4 is 19.5 Å². The predicted molar refractivity (Wildman–Crippen MR) is 97.8 cm³/mol. The summed E-state index contributed by atoms with van der Waals surface area (Å²) < 4.78 is 30.2. The molecule has 7 nitrogen and oxygen atoms in total. The fourth-order valence-corrected chi connectivity index (χ4v) is 3.52. The van der Waals surface area contributed by atoms with Gasteiger partial charge < -0.3 is 19.5 Å². The molecule has 148 valence electrons. The maximum atomic E-state index is 12.9. The average molecular weight is 387 g/mol. The summed E-state index contributed by atoms with van der Waals surface area (Å²) in [4.78, 5) is 20.3. The van der Waals surface area contributed by atoms with Crippen molar-refractivity contribution in [3.63, 3.8) is 0 Å². The number of nitrogens with zero attached hydrogens (tertiary/aromatic N) is 2. The molecule has 1 aromatic carbocycles. The number of benzene rings is 1. The maximum absolute atomic E-state index is 12.9. The lowest BCUT2D eigenvalue weighted by atomic mass is 9.92. The Morgan fingerprint density at radius 3 is 2.43 bits per heavy atom.